The Balaban J connectivity index is 2.42. The molecule has 2 rings (SSSR count). The minimum absolute atomic E-state index is 0.428. The molecule has 0 spiro atoms. The van der Waals surface area contributed by atoms with Crippen LogP contribution in [-0.4, -0.2) is 29.6 Å². The second kappa shape index (κ2) is 5.55. The van der Waals surface area contributed by atoms with E-state index in [1.165, 1.54) is 24.8 Å². The average Bonchev–Trinajstić information content (AvgIpc) is 2.38. The van der Waals surface area contributed by atoms with Crippen molar-refractivity contribution in [3.8, 4) is 0 Å². The monoisotopic (exact) mass is 248 g/mol. The Morgan fingerprint density at radius 1 is 1.33 bits per heavy atom. The molecule has 1 unspecified atom stereocenters. The third-order valence-corrected chi connectivity index (χ3v) is 3.75. The van der Waals surface area contributed by atoms with Crippen LogP contribution in [0.5, 0.6) is 0 Å². The van der Waals surface area contributed by atoms with Gasteiger partial charge in [-0.2, -0.15) is 0 Å². The molecule has 1 aromatic rings. The molecule has 100 valence electrons. The van der Waals surface area contributed by atoms with Gasteiger partial charge in [-0.25, -0.2) is 9.97 Å². The first kappa shape index (κ1) is 13.1. The summed E-state index contributed by atoms with van der Waals surface area (Å²) in [5.74, 6) is 2.52. The van der Waals surface area contributed by atoms with Crippen LogP contribution in [0.1, 0.15) is 51.5 Å². The summed E-state index contributed by atoms with van der Waals surface area (Å²) >= 11 is 0. The molecule has 1 saturated heterocycles. The van der Waals surface area contributed by atoms with Crippen LogP contribution in [0.4, 0.5) is 11.6 Å². The first-order valence-corrected chi connectivity index (χ1v) is 6.94. The summed E-state index contributed by atoms with van der Waals surface area (Å²) in [6.45, 7) is 7.82. The van der Waals surface area contributed by atoms with Crippen molar-refractivity contribution in [2.75, 3.05) is 23.8 Å². The predicted molar refractivity (Wildman–Crippen MR) is 76.3 cm³/mol. The van der Waals surface area contributed by atoms with E-state index in [9.17, 15) is 0 Å². The topological polar surface area (TPSA) is 41.1 Å². The van der Waals surface area contributed by atoms with Crippen LogP contribution in [0.15, 0.2) is 6.33 Å². The van der Waals surface area contributed by atoms with E-state index in [1.54, 1.807) is 6.33 Å². The quantitative estimate of drug-likeness (QED) is 0.892. The molecular formula is C14H24N4. The fourth-order valence-corrected chi connectivity index (χ4v) is 2.76. The first-order valence-electron chi connectivity index (χ1n) is 6.94. The zero-order valence-electron chi connectivity index (χ0n) is 11.9. The molecule has 1 aliphatic rings. The standard InChI is InChI=1S/C14H24N4/c1-10(2)12-13(15-4)16-9-17-14(12)18-8-6-5-7-11(18)3/h9-11H,5-8H2,1-4H3,(H,15,16,17). The number of rotatable bonds is 3. The third-order valence-electron chi connectivity index (χ3n) is 3.75. The molecule has 1 fully saturated rings. The van der Waals surface area contributed by atoms with Gasteiger partial charge in [-0.05, 0) is 32.1 Å². The van der Waals surface area contributed by atoms with Crippen molar-refractivity contribution < 1.29 is 0 Å². The van der Waals surface area contributed by atoms with Crippen LogP contribution in [0.2, 0.25) is 0 Å². The number of nitrogens with one attached hydrogen (secondary N) is 1. The van der Waals surface area contributed by atoms with E-state index < -0.39 is 0 Å². The Bertz CT molecular complexity index is 403. The van der Waals surface area contributed by atoms with Gasteiger partial charge in [-0.15, -0.1) is 0 Å². The van der Waals surface area contributed by atoms with Crippen LogP contribution in [0, 0.1) is 0 Å². The number of nitrogens with zero attached hydrogens (tertiary/aromatic N) is 3. The van der Waals surface area contributed by atoms with Crippen molar-refractivity contribution >= 4 is 11.6 Å². The molecule has 1 aromatic heterocycles. The average molecular weight is 248 g/mol. The van der Waals surface area contributed by atoms with E-state index in [0.717, 1.165) is 18.2 Å². The Hall–Kier alpha value is -1.32. The second-order valence-electron chi connectivity index (χ2n) is 5.40. The maximum Gasteiger partial charge on any atom is 0.137 e. The summed E-state index contributed by atoms with van der Waals surface area (Å²) in [5.41, 5.74) is 1.24. The Morgan fingerprint density at radius 3 is 2.72 bits per heavy atom. The number of hydrogen-bond donors (Lipinski definition) is 1. The molecule has 1 aliphatic heterocycles. The van der Waals surface area contributed by atoms with Crippen molar-refractivity contribution in [2.45, 2.75) is 52.0 Å². The summed E-state index contributed by atoms with van der Waals surface area (Å²) < 4.78 is 0. The van der Waals surface area contributed by atoms with Gasteiger partial charge in [0.25, 0.3) is 0 Å². The minimum Gasteiger partial charge on any atom is -0.373 e. The maximum atomic E-state index is 4.56. The van der Waals surface area contributed by atoms with Gasteiger partial charge in [-0.1, -0.05) is 13.8 Å². The molecule has 0 saturated carbocycles. The van der Waals surface area contributed by atoms with Gasteiger partial charge in [-0.3, -0.25) is 0 Å². The van der Waals surface area contributed by atoms with Gasteiger partial charge in [0.1, 0.15) is 18.0 Å². The van der Waals surface area contributed by atoms with Crippen molar-refractivity contribution in [3.63, 3.8) is 0 Å². The first-order chi connectivity index (χ1) is 8.65. The van der Waals surface area contributed by atoms with Gasteiger partial charge in [0.05, 0.1) is 0 Å². The normalized spacial score (nSPS) is 20.3. The van der Waals surface area contributed by atoms with Gasteiger partial charge in [0, 0.05) is 25.2 Å². The van der Waals surface area contributed by atoms with Crippen molar-refractivity contribution in [1.29, 1.82) is 0 Å². The van der Waals surface area contributed by atoms with Crippen molar-refractivity contribution in [3.05, 3.63) is 11.9 Å². The fraction of sp³-hybridized carbons (Fsp3) is 0.714. The Morgan fingerprint density at radius 2 is 2.11 bits per heavy atom. The van der Waals surface area contributed by atoms with E-state index in [-0.39, 0.29) is 0 Å². The molecule has 18 heavy (non-hydrogen) atoms. The SMILES string of the molecule is CNc1ncnc(N2CCCCC2C)c1C(C)C. The molecule has 2 heterocycles. The van der Waals surface area contributed by atoms with Crippen LogP contribution in [-0.2, 0) is 0 Å². The van der Waals surface area contributed by atoms with Gasteiger partial charge in [0.2, 0.25) is 0 Å². The van der Waals surface area contributed by atoms with E-state index in [1.807, 2.05) is 7.05 Å². The molecule has 0 bridgehead atoms. The van der Waals surface area contributed by atoms with Gasteiger partial charge in [0.15, 0.2) is 0 Å². The molecule has 1 atom stereocenters. The second-order valence-corrected chi connectivity index (χ2v) is 5.40. The summed E-state index contributed by atoms with van der Waals surface area (Å²) in [7, 11) is 1.93. The van der Waals surface area contributed by atoms with E-state index in [2.05, 4.69) is 41.0 Å². The Kier molecular flexibility index (Phi) is 4.04. The highest BCUT2D eigenvalue weighted by molar-refractivity contribution is 5.60. The Labute approximate surface area is 110 Å². The molecule has 0 amide bonds. The predicted octanol–water partition coefficient (Wildman–Crippen LogP) is 3.02. The summed E-state index contributed by atoms with van der Waals surface area (Å²) in [4.78, 5) is 11.4. The van der Waals surface area contributed by atoms with E-state index >= 15 is 0 Å². The molecule has 0 radical (unpaired) electrons. The van der Waals surface area contributed by atoms with Crippen molar-refractivity contribution in [1.82, 2.24) is 9.97 Å². The van der Waals surface area contributed by atoms with Crippen LogP contribution >= 0.6 is 0 Å². The highest BCUT2D eigenvalue weighted by Crippen LogP contribution is 2.33. The summed E-state index contributed by atoms with van der Waals surface area (Å²) in [5, 5.41) is 3.19. The lowest BCUT2D eigenvalue weighted by Gasteiger charge is -2.36. The van der Waals surface area contributed by atoms with Gasteiger partial charge >= 0.3 is 0 Å². The molecule has 0 aliphatic carbocycles. The molecule has 1 N–H and O–H groups in total. The smallest absolute Gasteiger partial charge is 0.137 e. The molecule has 4 heteroatoms. The van der Waals surface area contributed by atoms with Gasteiger partial charge < -0.3 is 10.2 Å². The highest BCUT2D eigenvalue weighted by Gasteiger charge is 2.24. The zero-order valence-corrected chi connectivity index (χ0v) is 11.9. The lowest BCUT2D eigenvalue weighted by molar-refractivity contribution is 0.479. The minimum atomic E-state index is 0.428. The highest BCUT2D eigenvalue weighted by atomic mass is 15.2. The fourth-order valence-electron chi connectivity index (χ4n) is 2.76. The summed E-state index contributed by atoms with van der Waals surface area (Å²) in [6, 6.07) is 0.579. The molecule has 4 nitrogen and oxygen atoms in total. The lowest BCUT2D eigenvalue weighted by Crippen LogP contribution is -2.39. The van der Waals surface area contributed by atoms with Crippen LogP contribution in [0.3, 0.4) is 0 Å². The largest absolute Gasteiger partial charge is 0.373 e. The van der Waals surface area contributed by atoms with Crippen LogP contribution < -0.4 is 10.2 Å². The number of anilines is 2. The lowest BCUT2D eigenvalue weighted by atomic mass is 9.99. The maximum absolute atomic E-state index is 4.56. The van der Waals surface area contributed by atoms with Crippen molar-refractivity contribution in [2.24, 2.45) is 0 Å². The third kappa shape index (κ3) is 2.42. The number of aromatic nitrogens is 2. The molecular weight excluding hydrogens is 224 g/mol. The number of hydrogen-bond acceptors (Lipinski definition) is 4. The van der Waals surface area contributed by atoms with Crippen LogP contribution in [0.25, 0.3) is 0 Å². The molecule has 0 aromatic carbocycles. The zero-order chi connectivity index (χ0) is 13.1. The number of piperidine rings is 1. The van der Waals surface area contributed by atoms with E-state index in [4.69, 9.17) is 0 Å². The summed E-state index contributed by atoms with van der Waals surface area (Å²) in [6.07, 6.45) is 5.53. The van der Waals surface area contributed by atoms with E-state index in [0.29, 0.717) is 12.0 Å².